The second-order valence-electron chi connectivity index (χ2n) is 5.18. The highest BCUT2D eigenvalue weighted by Gasteiger charge is 2.28. The van der Waals surface area contributed by atoms with Crippen molar-refractivity contribution in [1.29, 1.82) is 0 Å². The summed E-state index contributed by atoms with van der Waals surface area (Å²) in [6, 6.07) is 2.87. The largest absolute Gasteiger partial charge is 0.479 e. The first kappa shape index (κ1) is 15.4. The third-order valence-corrected chi connectivity index (χ3v) is 3.64. The van der Waals surface area contributed by atoms with E-state index in [-0.39, 0.29) is 11.8 Å². The molecule has 0 saturated carbocycles. The molecule has 2 N–H and O–H groups in total. The molecule has 1 atom stereocenters. The molecule has 0 spiro atoms. The van der Waals surface area contributed by atoms with Crippen LogP contribution in [0, 0.1) is 18.7 Å². The Hall–Kier alpha value is -1.95. The van der Waals surface area contributed by atoms with Crippen molar-refractivity contribution >= 4 is 11.9 Å². The maximum Gasteiger partial charge on any atom is 0.330 e. The Kier molecular flexibility index (Phi) is 4.90. The minimum atomic E-state index is -1.17. The Labute approximate surface area is 122 Å². The molecule has 1 amide bonds. The van der Waals surface area contributed by atoms with E-state index in [1.165, 1.54) is 18.2 Å². The summed E-state index contributed by atoms with van der Waals surface area (Å²) >= 11 is 0. The van der Waals surface area contributed by atoms with Gasteiger partial charge in [-0.25, -0.2) is 9.18 Å². The van der Waals surface area contributed by atoms with Crippen LogP contribution in [0.15, 0.2) is 18.2 Å². The van der Waals surface area contributed by atoms with Crippen molar-refractivity contribution in [2.24, 2.45) is 5.92 Å². The van der Waals surface area contributed by atoms with E-state index in [4.69, 9.17) is 4.74 Å². The summed E-state index contributed by atoms with van der Waals surface area (Å²) in [6.07, 6.45) is 1.17. The highest BCUT2D eigenvalue weighted by Crippen LogP contribution is 2.20. The fraction of sp³-hybridized carbons (Fsp3) is 0.467. The monoisotopic (exact) mass is 295 g/mol. The molecule has 2 rings (SSSR count). The van der Waals surface area contributed by atoms with Crippen molar-refractivity contribution in [1.82, 2.24) is 5.32 Å². The third kappa shape index (κ3) is 3.78. The van der Waals surface area contributed by atoms with Crippen LogP contribution in [0.25, 0.3) is 0 Å². The number of nitrogens with one attached hydrogen (secondary N) is 1. The van der Waals surface area contributed by atoms with Crippen LogP contribution in [0.2, 0.25) is 0 Å². The molecule has 0 radical (unpaired) electrons. The van der Waals surface area contributed by atoms with Gasteiger partial charge in [0.15, 0.2) is 6.04 Å². The average Bonchev–Trinajstić information content (AvgIpc) is 2.48. The van der Waals surface area contributed by atoms with E-state index in [2.05, 4.69) is 5.32 Å². The highest BCUT2D eigenvalue weighted by atomic mass is 19.1. The average molecular weight is 295 g/mol. The number of carbonyl (C=O) groups excluding carboxylic acids is 1. The lowest BCUT2D eigenvalue weighted by Crippen LogP contribution is -2.39. The van der Waals surface area contributed by atoms with Crippen LogP contribution in [0.5, 0.6) is 0 Å². The molecule has 1 unspecified atom stereocenters. The van der Waals surface area contributed by atoms with Crippen LogP contribution in [-0.4, -0.2) is 30.2 Å². The number of amides is 1. The molecule has 1 heterocycles. The summed E-state index contributed by atoms with van der Waals surface area (Å²) in [5.74, 6) is -2.10. The van der Waals surface area contributed by atoms with E-state index in [1.54, 1.807) is 6.92 Å². The topological polar surface area (TPSA) is 75.6 Å². The molecular weight excluding hydrogens is 277 g/mol. The first-order valence-electron chi connectivity index (χ1n) is 6.86. The van der Waals surface area contributed by atoms with Crippen LogP contribution in [0.4, 0.5) is 4.39 Å². The first-order chi connectivity index (χ1) is 9.99. The van der Waals surface area contributed by atoms with Crippen molar-refractivity contribution in [2.75, 3.05) is 13.2 Å². The lowest BCUT2D eigenvalue weighted by molar-refractivity contribution is -0.143. The Bertz CT molecular complexity index is 540. The summed E-state index contributed by atoms with van der Waals surface area (Å²) in [4.78, 5) is 23.5. The predicted molar refractivity (Wildman–Crippen MR) is 73.2 cm³/mol. The zero-order valence-corrected chi connectivity index (χ0v) is 11.8. The summed E-state index contributed by atoms with van der Waals surface area (Å²) in [7, 11) is 0. The van der Waals surface area contributed by atoms with E-state index < -0.39 is 17.8 Å². The number of aliphatic carboxylic acids is 1. The smallest absolute Gasteiger partial charge is 0.330 e. The number of hydrogen-bond acceptors (Lipinski definition) is 3. The number of aryl methyl sites for hydroxylation is 1. The SMILES string of the molecule is Cc1cc(C(NC(=O)C2CCOCC2)C(=O)O)ccc1F. The van der Waals surface area contributed by atoms with Gasteiger partial charge in [0.1, 0.15) is 5.82 Å². The van der Waals surface area contributed by atoms with E-state index in [0.717, 1.165) is 0 Å². The molecular formula is C15H18FNO4. The van der Waals surface area contributed by atoms with E-state index in [0.29, 0.717) is 37.2 Å². The number of rotatable bonds is 4. The van der Waals surface area contributed by atoms with Gasteiger partial charge in [-0.15, -0.1) is 0 Å². The van der Waals surface area contributed by atoms with Crippen molar-refractivity contribution in [3.8, 4) is 0 Å². The predicted octanol–water partition coefficient (Wildman–Crippen LogP) is 1.80. The van der Waals surface area contributed by atoms with E-state index in [9.17, 15) is 19.1 Å². The third-order valence-electron chi connectivity index (χ3n) is 3.64. The molecule has 1 aliphatic heterocycles. The fourth-order valence-corrected chi connectivity index (χ4v) is 2.35. The highest BCUT2D eigenvalue weighted by molar-refractivity contribution is 5.85. The van der Waals surface area contributed by atoms with Crippen LogP contribution >= 0.6 is 0 Å². The van der Waals surface area contributed by atoms with Crippen LogP contribution < -0.4 is 5.32 Å². The molecule has 0 aliphatic carbocycles. The van der Waals surface area contributed by atoms with Gasteiger partial charge in [0.2, 0.25) is 5.91 Å². The maximum absolute atomic E-state index is 13.3. The van der Waals surface area contributed by atoms with Gasteiger partial charge < -0.3 is 15.2 Å². The van der Waals surface area contributed by atoms with Gasteiger partial charge in [-0.2, -0.15) is 0 Å². The van der Waals surface area contributed by atoms with E-state index in [1.807, 2.05) is 0 Å². The molecule has 0 bridgehead atoms. The molecule has 21 heavy (non-hydrogen) atoms. The molecule has 114 valence electrons. The number of carboxylic acids is 1. The Morgan fingerprint density at radius 3 is 2.62 bits per heavy atom. The van der Waals surface area contributed by atoms with Crippen LogP contribution in [-0.2, 0) is 14.3 Å². The second kappa shape index (κ2) is 6.67. The molecule has 1 fully saturated rings. The molecule has 1 aromatic carbocycles. The van der Waals surface area contributed by atoms with Gasteiger partial charge in [-0.1, -0.05) is 12.1 Å². The van der Waals surface area contributed by atoms with Crippen LogP contribution in [0.1, 0.15) is 30.0 Å². The number of carbonyl (C=O) groups is 2. The Morgan fingerprint density at radius 2 is 2.05 bits per heavy atom. The zero-order chi connectivity index (χ0) is 15.4. The van der Waals surface area contributed by atoms with Crippen molar-refractivity contribution in [3.63, 3.8) is 0 Å². The minimum Gasteiger partial charge on any atom is -0.479 e. The van der Waals surface area contributed by atoms with Gasteiger partial charge in [0.05, 0.1) is 0 Å². The van der Waals surface area contributed by atoms with Gasteiger partial charge in [-0.3, -0.25) is 4.79 Å². The molecule has 1 aromatic rings. The first-order valence-corrected chi connectivity index (χ1v) is 6.86. The number of hydrogen-bond donors (Lipinski definition) is 2. The quantitative estimate of drug-likeness (QED) is 0.888. The Morgan fingerprint density at radius 1 is 1.38 bits per heavy atom. The summed E-state index contributed by atoms with van der Waals surface area (Å²) < 4.78 is 18.4. The van der Waals surface area contributed by atoms with Gasteiger partial charge in [0, 0.05) is 19.1 Å². The standard InChI is InChI=1S/C15H18FNO4/c1-9-8-11(2-3-12(9)16)13(15(19)20)17-14(18)10-4-6-21-7-5-10/h2-3,8,10,13H,4-7H2,1H3,(H,17,18)(H,19,20). The van der Waals surface area contributed by atoms with Crippen molar-refractivity contribution < 1.29 is 23.8 Å². The number of benzene rings is 1. The lowest BCUT2D eigenvalue weighted by atomic mass is 9.97. The summed E-state index contributed by atoms with van der Waals surface area (Å²) in [6.45, 7) is 2.56. The molecule has 1 aliphatic rings. The zero-order valence-electron chi connectivity index (χ0n) is 11.8. The second-order valence-corrected chi connectivity index (χ2v) is 5.18. The number of halogens is 1. The number of ether oxygens (including phenoxy) is 1. The molecule has 5 nitrogen and oxygen atoms in total. The fourth-order valence-electron chi connectivity index (χ4n) is 2.35. The van der Waals surface area contributed by atoms with Crippen molar-refractivity contribution in [3.05, 3.63) is 35.1 Å². The van der Waals surface area contributed by atoms with Gasteiger partial charge in [-0.05, 0) is 37.0 Å². The van der Waals surface area contributed by atoms with Crippen molar-refractivity contribution in [2.45, 2.75) is 25.8 Å². The number of carboxylic acid groups (broad SMARTS) is 1. The minimum absolute atomic E-state index is 0.234. The van der Waals surface area contributed by atoms with Gasteiger partial charge >= 0.3 is 5.97 Å². The van der Waals surface area contributed by atoms with Crippen LogP contribution in [0.3, 0.4) is 0 Å². The summed E-state index contributed by atoms with van der Waals surface area (Å²) in [5, 5.41) is 11.8. The molecule has 6 heteroatoms. The molecule has 0 aromatic heterocycles. The summed E-state index contributed by atoms with van der Waals surface area (Å²) in [5.41, 5.74) is 0.709. The normalized spacial score (nSPS) is 17.2. The molecule has 1 saturated heterocycles. The Balaban J connectivity index is 2.13. The van der Waals surface area contributed by atoms with Gasteiger partial charge in [0.25, 0.3) is 0 Å². The maximum atomic E-state index is 13.3. The van der Waals surface area contributed by atoms with E-state index >= 15 is 0 Å². The lowest BCUT2D eigenvalue weighted by Gasteiger charge is -2.23.